The van der Waals surface area contributed by atoms with Gasteiger partial charge in [-0.2, -0.15) is 4.39 Å². The highest BCUT2D eigenvalue weighted by Crippen LogP contribution is 2.22. The van der Waals surface area contributed by atoms with E-state index in [1.807, 2.05) is 0 Å². The van der Waals surface area contributed by atoms with Crippen molar-refractivity contribution in [2.45, 2.75) is 0 Å². The van der Waals surface area contributed by atoms with Gasteiger partial charge in [-0.25, -0.2) is 0 Å². The lowest BCUT2D eigenvalue weighted by Crippen LogP contribution is -2.22. The van der Waals surface area contributed by atoms with Gasteiger partial charge in [0.1, 0.15) is 5.75 Å². The molecule has 0 unspecified atom stereocenters. The smallest absolute Gasteiger partial charge is 0.305 e. The Morgan fingerprint density at radius 2 is 1.96 bits per heavy atom. The molecule has 0 atom stereocenters. The highest BCUT2D eigenvalue weighted by atomic mass is 19.1. The maximum Gasteiger partial charge on any atom is 0.305 e. The first-order valence-corrected chi connectivity index (χ1v) is 6.64. The Labute approximate surface area is 135 Å². The van der Waals surface area contributed by atoms with Gasteiger partial charge in [0.2, 0.25) is 5.82 Å². The fourth-order valence-corrected chi connectivity index (χ4v) is 1.87. The van der Waals surface area contributed by atoms with Gasteiger partial charge in [0.15, 0.2) is 6.61 Å². The van der Waals surface area contributed by atoms with E-state index >= 15 is 0 Å². The fourth-order valence-electron chi connectivity index (χ4n) is 1.87. The summed E-state index contributed by atoms with van der Waals surface area (Å²) in [6, 6.07) is 9.05. The van der Waals surface area contributed by atoms with Crippen molar-refractivity contribution in [3.8, 4) is 5.75 Å². The molecular formula is C15H12FN3O5. The minimum absolute atomic E-state index is 0.0450. The number of carbonyl (C=O) groups excluding carboxylic acids is 2. The summed E-state index contributed by atoms with van der Waals surface area (Å²) in [5, 5.41) is 13.0. The van der Waals surface area contributed by atoms with Crippen LogP contribution in [0.3, 0.4) is 0 Å². The van der Waals surface area contributed by atoms with Gasteiger partial charge in [-0.1, -0.05) is 12.1 Å². The average molecular weight is 333 g/mol. The number of nitro benzene ring substituents is 1. The van der Waals surface area contributed by atoms with E-state index in [-0.39, 0.29) is 17.0 Å². The summed E-state index contributed by atoms with van der Waals surface area (Å²) in [6.07, 6.45) is 0. The Morgan fingerprint density at radius 3 is 2.58 bits per heavy atom. The molecule has 2 aromatic rings. The lowest BCUT2D eigenvalue weighted by Gasteiger charge is -2.10. The molecule has 0 aliphatic rings. The van der Waals surface area contributed by atoms with Crippen LogP contribution >= 0.6 is 0 Å². The number of nitrogens with two attached hydrogens (primary N) is 1. The van der Waals surface area contributed by atoms with Crippen LogP contribution in [0.5, 0.6) is 5.75 Å². The average Bonchev–Trinajstić information content (AvgIpc) is 2.53. The summed E-state index contributed by atoms with van der Waals surface area (Å²) in [7, 11) is 0. The number of halogens is 1. The second-order valence-corrected chi connectivity index (χ2v) is 4.62. The van der Waals surface area contributed by atoms with Crippen molar-refractivity contribution in [2.24, 2.45) is 5.73 Å². The Hall–Kier alpha value is -3.49. The monoisotopic (exact) mass is 333 g/mol. The van der Waals surface area contributed by atoms with E-state index in [0.29, 0.717) is 0 Å². The van der Waals surface area contributed by atoms with Gasteiger partial charge in [-0.05, 0) is 18.2 Å². The van der Waals surface area contributed by atoms with Gasteiger partial charge in [0.25, 0.3) is 11.8 Å². The van der Waals surface area contributed by atoms with Crippen LogP contribution in [0.15, 0.2) is 42.5 Å². The van der Waals surface area contributed by atoms with E-state index in [1.54, 1.807) is 12.1 Å². The molecule has 0 radical (unpaired) electrons. The zero-order valence-electron chi connectivity index (χ0n) is 12.2. The van der Waals surface area contributed by atoms with E-state index in [4.69, 9.17) is 10.5 Å². The number of nitrogens with one attached hydrogen (secondary N) is 1. The summed E-state index contributed by atoms with van der Waals surface area (Å²) in [6.45, 7) is -0.482. The zero-order valence-corrected chi connectivity index (χ0v) is 12.2. The van der Waals surface area contributed by atoms with Crippen molar-refractivity contribution in [3.63, 3.8) is 0 Å². The normalized spacial score (nSPS) is 10.0. The highest BCUT2D eigenvalue weighted by molar-refractivity contribution is 6.03. The number of rotatable bonds is 6. The number of carbonyl (C=O) groups is 2. The molecule has 0 spiro atoms. The molecule has 0 heterocycles. The van der Waals surface area contributed by atoms with E-state index in [0.717, 1.165) is 12.1 Å². The zero-order chi connectivity index (χ0) is 17.7. The van der Waals surface area contributed by atoms with Crippen molar-refractivity contribution in [1.82, 2.24) is 0 Å². The summed E-state index contributed by atoms with van der Waals surface area (Å²) < 4.78 is 18.5. The minimum atomic E-state index is -1.07. The number of primary amides is 1. The molecule has 8 nitrogen and oxygen atoms in total. The third-order valence-electron chi connectivity index (χ3n) is 2.95. The van der Waals surface area contributed by atoms with Crippen LogP contribution in [-0.2, 0) is 4.79 Å². The van der Waals surface area contributed by atoms with Crippen molar-refractivity contribution >= 4 is 23.2 Å². The second kappa shape index (κ2) is 7.18. The van der Waals surface area contributed by atoms with Crippen molar-refractivity contribution < 1.29 is 23.6 Å². The molecule has 0 saturated heterocycles. The Morgan fingerprint density at radius 1 is 1.25 bits per heavy atom. The van der Waals surface area contributed by atoms with Gasteiger partial charge in [-0.3, -0.25) is 19.7 Å². The lowest BCUT2D eigenvalue weighted by molar-refractivity contribution is -0.387. The van der Waals surface area contributed by atoms with Crippen molar-refractivity contribution in [1.29, 1.82) is 0 Å². The molecule has 24 heavy (non-hydrogen) atoms. The van der Waals surface area contributed by atoms with Crippen LogP contribution in [0.4, 0.5) is 15.8 Å². The number of nitro groups is 1. The molecule has 2 amide bonds. The van der Waals surface area contributed by atoms with Crippen molar-refractivity contribution in [2.75, 3.05) is 11.9 Å². The Kier molecular flexibility index (Phi) is 5.05. The third-order valence-corrected chi connectivity index (χ3v) is 2.95. The van der Waals surface area contributed by atoms with Crippen LogP contribution in [0.25, 0.3) is 0 Å². The van der Waals surface area contributed by atoms with Gasteiger partial charge >= 0.3 is 5.69 Å². The standard InChI is InChI=1S/C15H12FN3O5/c16-11-7-9(5-6-13(11)19(22)23)24-8-14(20)18-12-4-2-1-3-10(12)15(17)21/h1-7H,8H2,(H2,17,21)(H,18,20). The minimum Gasteiger partial charge on any atom is -0.484 e. The third kappa shape index (κ3) is 4.03. The maximum atomic E-state index is 13.4. The van der Waals surface area contributed by atoms with Crippen LogP contribution in [0.2, 0.25) is 0 Å². The molecule has 0 bridgehead atoms. The molecule has 0 fully saturated rings. The Bertz CT molecular complexity index is 809. The topological polar surface area (TPSA) is 125 Å². The molecule has 2 aromatic carbocycles. The number of para-hydroxylation sites is 1. The molecule has 124 valence electrons. The highest BCUT2D eigenvalue weighted by Gasteiger charge is 2.15. The van der Waals surface area contributed by atoms with E-state index in [1.165, 1.54) is 18.2 Å². The number of hydrogen-bond donors (Lipinski definition) is 2. The number of benzene rings is 2. The molecular weight excluding hydrogens is 321 g/mol. The number of amides is 2. The molecule has 9 heteroatoms. The van der Waals surface area contributed by atoms with Crippen LogP contribution in [0, 0.1) is 15.9 Å². The molecule has 2 rings (SSSR count). The van der Waals surface area contributed by atoms with Gasteiger partial charge in [0, 0.05) is 12.1 Å². The quantitative estimate of drug-likeness (QED) is 0.616. The number of ether oxygens (including phenoxy) is 1. The van der Waals surface area contributed by atoms with Crippen LogP contribution in [0.1, 0.15) is 10.4 Å². The summed E-state index contributed by atoms with van der Waals surface area (Å²) in [4.78, 5) is 32.7. The number of hydrogen-bond acceptors (Lipinski definition) is 5. The first-order valence-electron chi connectivity index (χ1n) is 6.64. The number of nitrogens with zero attached hydrogens (tertiary/aromatic N) is 1. The van der Waals surface area contributed by atoms with Gasteiger partial charge in [-0.15, -0.1) is 0 Å². The SMILES string of the molecule is NC(=O)c1ccccc1NC(=O)COc1ccc([N+](=O)[O-])c(F)c1. The predicted molar refractivity (Wildman–Crippen MR) is 82.1 cm³/mol. The van der Waals surface area contributed by atoms with E-state index < -0.39 is 34.8 Å². The molecule has 0 saturated carbocycles. The van der Waals surface area contributed by atoms with E-state index in [9.17, 15) is 24.1 Å². The van der Waals surface area contributed by atoms with Crippen LogP contribution in [-0.4, -0.2) is 23.3 Å². The summed E-state index contributed by atoms with van der Waals surface area (Å²) in [5.41, 5.74) is 4.85. The first-order chi connectivity index (χ1) is 11.4. The Balaban J connectivity index is 2.00. The first kappa shape index (κ1) is 16.9. The summed E-state index contributed by atoms with van der Waals surface area (Å²) in [5.74, 6) is -2.43. The maximum absolute atomic E-state index is 13.4. The fraction of sp³-hybridized carbons (Fsp3) is 0.0667. The predicted octanol–water partition coefficient (Wildman–Crippen LogP) is 1.85. The second-order valence-electron chi connectivity index (χ2n) is 4.62. The molecule has 0 aliphatic carbocycles. The van der Waals surface area contributed by atoms with Crippen molar-refractivity contribution in [3.05, 3.63) is 64.0 Å². The van der Waals surface area contributed by atoms with E-state index in [2.05, 4.69) is 5.32 Å². The molecule has 0 aliphatic heterocycles. The van der Waals surface area contributed by atoms with Crippen LogP contribution < -0.4 is 15.8 Å². The van der Waals surface area contributed by atoms with Gasteiger partial charge in [0.05, 0.1) is 16.2 Å². The largest absolute Gasteiger partial charge is 0.484 e. The lowest BCUT2D eigenvalue weighted by atomic mass is 10.1. The number of anilines is 1. The summed E-state index contributed by atoms with van der Waals surface area (Å²) >= 11 is 0. The van der Waals surface area contributed by atoms with Gasteiger partial charge < -0.3 is 15.8 Å². The molecule has 3 N–H and O–H groups in total. The molecule has 0 aromatic heterocycles.